The molecule has 0 spiro atoms. The van der Waals surface area contributed by atoms with Crippen LogP contribution in [0.2, 0.25) is 0 Å². The van der Waals surface area contributed by atoms with Gasteiger partial charge in [0.1, 0.15) is 0 Å². The van der Waals surface area contributed by atoms with E-state index in [1.165, 1.54) is 5.56 Å². The second kappa shape index (κ2) is 9.61. The highest BCUT2D eigenvalue weighted by atomic mass is 16.5. The molecule has 2 atom stereocenters. The van der Waals surface area contributed by atoms with E-state index in [1.807, 2.05) is 6.07 Å². The maximum Gasteiger partial charge on any atom is 0.0973 e. The van der Waals surface area contributed by atoms with Crippen molar-refractivity contribution in [2.24, 2.45) is 0 Å². The summed E-state index contributed by atoms with van der Waals surface area (Å²) in [6.07, 6.45) is 9.44. The van der Waals surface area contributed by atoms with Gasteiger partial charge in [0.15, 0.2) is 0 Å². The van der Waals surface area contributed by atoms with Crippen LogP contribution in [0, 0.1) is 12.3 Å². The number of hydrogen-bond donors (Lipinski definition) is 1. The number of nitrogens with one attached hydrogen (secondary N) is 1. The molecule has 2 nitrogen and oxygen atoms in total. The van der Waals surface area contributed by atoms with Gasteiger partial charge in [-0.05, 0) is 31.4 Å². The van der Waals surface area contributed by atoms with Gasteiger partial charge in [-0.1, -0.05) is 37.3 Å². The van der Waals surface area contributed by atoms with Crippen molar-refractivity contribution in [1.29, 1.82) is 0 Å². The highest BCUT2D eigenvalue weighted by Crippen LogP contribution is 2.23. The van der Waals surface area contributed by atoms with Crippen LogP contribution in [0.1, 0.15) is 44.3 Å². The number of ether oxygens (including phenoxy) is 1. The maximum absolute atomic E-state index is 5.71. The SMILES string of the molecule is C#CCCCC(NCCC)C(OC)c1ccccc1. The van der Waals surface area contributed by atoms with Crippen molar-refractivity contribution in [3.05, 3.63) is 35.9 Å². The smallest absolute Gasteiger partial charge is 0.0973 e. The zero-order valence-corrected chi connectivity index (χ0v) is 12.1. The summed E-state index contributed by atoms with van der Waals surface area (Å²) in [5, 5.41) is 3.58. The highest BCUT2D eigenvalue weighted by molar-refractivity contribution is 5.19. The molecule has 0 radical (unpaired) electrons. The van der Waals surface area contributed by atoms with E-state index in [9.17, 15) is 0 Å². The monoisotopic (exact) mass is 259 g/mol. The number of hydrogen-bond acceptors (Lipinski definition) is 2. The van der Waals surface area contributed by atoms with Crippen molar-refractivity contribution in [1.82, 2.24) is 5.32 Å². The Hall–Kier alpha value is -1.30. The van der Waals surface area contributed by atoms with Gasteiger partial charge in [-0.3, -0.25) is 0 Å². The number of methoxy groups -OCH3 is 1. The van der Waals surface area contributed by atoms with Crippen LogP contribution in [0.5, 0.6) is 0 Å². The van der Waals surface area contributed by atoms with Gasteiger partial charge in [0.05, 0.1) is 6.10 Å². The molecule has 0 bridgehead atoms. The minimum absolute atomic E-state index is 0.0884. The van der Waals surface area contributed by atoms with Gasteiger partial charge < -0.3 is 10.1 Å². The number of unbranched alkanes of at least 4 members (excludes halogenated alkanes) is 1. The molecule has 0 fully saturated rings. The molecule has 0 heterocycles. The van der Waals surface area contributed by atoms with Crippen molar-refractivity contribution in [2.45, 2.75) is 44.8 Å². The van der Waals surface area contributed by atoms with E-state index < -0.39 is 0 Å². The molecule has 1 N–H and O–H groups in total. The number of benzene rings is 1. The van der Waals surface area contributed by atoms with Crippen LogP contribution in [-0.2, 0) is 4.74 Å². The lowest BCUT2D eigenvalue weighted by Gasteiger charge is -2.27. The average molecular weight is 259 g/mol. The van der Waals surface area contributed by atoms with Crippen molar-refractivity contribution in [2.75, 3.05) is 13.7 Å². The molecule has 2 unspecified atom stereocenters. The summed E-state index contributed by atoms with van der Waals surface area (Å²) in [6.45, 7) is 3.18. The van der Waals surface area contributed by atoms with Crippen LogP contribution >= 0.6 is 0 Å². The first-order chi connectivity index (χ1) is 9.33. The molecule has 1 aromatic rings. The van der Waals surface area contributed by atoms with E-state index in [-0.39, 0.29) is 6.10 Å². The molecule has 1 aromatic carbocycles. The summed E-state index contributed by atoms with van der Waals surface area (Å²) in [5.41, 5.74) is 1.22. The van der Waals surface area contributed by atoms with Crippen molar-refractivity contribution >= 4 is 0 Å². The summed E-state index contributed by atoms with van der Waals surface area (Å²) in [6, 6.07) is 10.7. The molecule has 0 aromatic heterocycles. The van der Waals surface area contributed by atoms with Crippen LogP contribution in [0.3, 0.4) is 0 Å². The first-order valence-electron chi connectivity index (χ1n) is 7.08. The molecule has 19 heavy (non-hydrogen) atoms. The second-order valence-corrected chi connectivity index (χ2v) is 4.72. The fourth-order valence-electron chi connectivity index (χ4n) is 2.29. The van der Waals surface area contributed by atoms with Crippen LogP contribution in [-0.4, -0.2) is 19.7 Å². The molecular formula is C17H25NO. The summed E-state index contributed by atoms with van der Waals surface area (Å²) < 4.78 is 5.71. The van der Waals surface area contributed by atoms with Crippen molar-refractivity contribution in [3.8, 4) is 12.3 Å². The van der Waals surface area contributed by atoms with Crippen LogP contribution in [0.4, 0.5) is 0 Å². The molecule has 0 aliphatic rings. The molecule has 104 valence electrons. The minimum Gasteiger partial charge on any atom is -0.375 e. The van der Waals surface area contributed by atoms with Crippen LogP contribution in [0.15, 0.2) is 30.3 Å². The first-order valence-corrected chi connectivity index (χ1v) is 7.08. The largest absolute Gasteiger partial charge is 0.375 e. The van der Waals surface area contributed by atoms with Crippen molar-refractivity contribution < 1.29 is 4.74 Å². The standard InChI is InChI=1S/C17H25NO/c1-4-6-8-13-16(18-14-5-2)17(19-3)15-11-9-7-10-12-15/h1,7,9-12,16-18H,5-6,8,13-14H2,2-3H3. The Kier molecular flexibility index (Phi) is 7.97. The third-order valence-electron chi connectivity index (χ3n) is 3.24. The predicted octanol–water partition coefficient (Wildman–Crippen LogP) is 3.55. The fourth-order valence-corrected chi connectivity index (χ4v) is 2.29. The van der Waals surface area contributed by atoms with Gasteiger partial charge in [-0.25, -0.2) is 0 Å². The Bertz CT molecular complexity index is 369. The molecule has 1 rings (SSSR count). The van der Waals surface area contributed by atoms with E-state index in [4.69, 9.17) is 11.2 Å². The van der Waals surface area contributed by atoms with Gasteiger partial charge in [0.25, 0.3) is 0 Å². The molecule has 0 aliphatic heterocycles. The molecule has 2 heteroatoms. The zero-order chi connectivity index (χ0) is 13.9. The second-order valence-electron chi connectivity index (χ2n) is 4.72. The lowest BCUT2D eigenvalue weighted by molar-refractivity contribution is 0.0643. The third kappa shape index (κ3) is 5.46. The van der Waals surface area contributed by atoms with E-state index >= 15 is 0 Å². The van der Waals surface area contributed by atoms with Gasteiger partial charge in [-0.15, -0.1) is 12.3 Å². The van der Waals surface area contributed by atoms with Crippen LogP contribution < -0.4 is 5.32 Å². The van der Waals surface area contributed by atoms with Crippen molar-refractivity contribution in [3.63, 3.8) is 0 Å². The summed E-state index contributed by atoms with van der Waals surface area (Å²) >= 11 is 0. The normalized spacial score (nSPS) is 13.7. The third-order valence-corrected chi connectivity index (χ3v) is 3.24. The number of terminal acetylenes is 1. The maximum atomic E-state index is 5.71. The van der Waals surface area contributed by atoms with E-state index in [0.29, 0.717) is 6.04 Å². The first kappa shape index (κ1) is 15.8. The Morgan fingerprint density at radius 1 is 1.32 bits per heavy atom. The topological polar surface area (TPSA) is 21.3 Å². The Morgan fingerprint density at radius 3 is 2.63 bits per heavy atom. The molecular weight excluding hydrogens is 234 g/mol. The van der Waals surface area contributed by atoms with E-state index in [0.717, 1.165) is 32.2 Å². The lowest BCUT2D eigenvalue weighted by atomic mass is 9.97. The van der Waals surface area contributed by atoms with Gasteiger partial charge in [0.2, 0.25) is 0 Å². The molecule has 0 saturated heterocycles. The van der Waals surface area contributed by atoms with Crippen LogP contribution in [0.25, 0.3) is 0 Å². The zero-order valence-electron chi connectivity index (χ0n) is 12.1. The molecule has 0 amide bonds. The van der Waals surface area contributed by atoms with Gasteiger partial charge >= 0.3 is 0 Å². The van der Waals surface area contributed by atoms with E-state index in [1.54, 1.807) is 7.11 Å². The Balaban J connectivity index is 2.71. The summed E-state index contributed by atoms with van der Waals surface area (Å²) in [5.74, 6) is 2.71. The average Bonchev–Trinajstić information content (AvgIpc) is 2.46. The summed E-state index contributed by atoms with van der Waals surface area (Å²) in [4.78, 5) is 0. The van der Waals surface area contributed by atoms with Gasteiger partial charge in [-0.2, -0.15) is 0 Å². The molecule has 0 aliphatic carbocycles. The van der Waals surface area contributed by atoms with E-state index in [2.05, 4.69) is 42.4 Å². The number of rotatable bonds is 9. The minimum atomic E-state index is 0.0884. The quantitative estimate of drug-likeness (QED) is 0.541. The van der Waals surface area contributed by atoms with Gasteiger partial charge in [0, 0.05) is 19.6 Å². The fraction of sp³-hybridized carbons (Fsp3) is 0.529. The predicted molar refractivity (Wildman–Crippen MR) is 81.0 cm³/mol. The Morgan fingerprint density at radius 2 is 2.05 bits per heavy atom. The highest BCUT2D eigenvalue weighted by Gasteiger charge is 2.21. The Labute approximate surface area is 117 Å². The molecule has 0 saturated carbocycles. The lowest BCUT2D eigenvalue weighted by Crippen LogP contribution is -2.36. The summed E-state index contributed by atoms with van der Waals surface area (Å²) in [7, 11) is 1.78.